The molecule has 0 aromatic heterocycles. The fourth-order valence-electron chi connectivity index (χ4n) is 3.08. The maximum atomic E-state index is 13.7. The number of halogens is 5. The average molecular weight is 515 g/mol. The lowest BCUT2D eigenvalue weighted by atomic mass is 10.1. The zero-order valence-corrected chi connectivity index (χ0v) is 18.2. The first kappa shape index (κ1) is 24.3. The molecule has 0 spiro atoms. The summed E-state index contributed by atoms with van der Waals surface area (Å²) in [7, 11) is -4.03. The standard InChI is InChI=1S/C22H14F5NO6S/c23-17-14(18(24)20(26)21(27)19(17)25)10-34-22(29)11-1-3-12(4-2-11)28-35(30,31)13-5-6-15-16(9-13)33-8-7-32-15/h1-6,9,28H,7-8,10H2. The molecule has 7 nitrogen and oxygen atoms in total. The van der Waals surface area contributed by atoms with E-state index in [0.717, 1.165) is 12.1 Å². The first-order valence-corrected chi connectivity index (χ1v) is 11.3. The maximum Gasteiger partial charge on any atom is 0.338 e. The van der Waals surface area contributed by atoms with E-state index in [1.807, 2.05) is 0 Å². The Morgan fingerprint density at radius 1 is 0.829 bits per heavy atom. The highest BCUT2D eigenvalue weighted by Crippen LogP contribution is 2.33. The third-order valence-electron chi connectivity index (χ3n) is 4.85. The largest absolute Gasteiger partial charge is 0.486 e. The number of hydrogen-bond donors (Lipinski definition) is 1. The van der Waals surface area contributed by atoms with Crippen molar-refractivity contribution >= 4 is 21.7 Å². The Balaban J connectivity index is 1.44. The third-order valence-corrected chi connectivity index (χ3v) is 6.22. The smallest absolute Gasteiger partial charge is 0.338 e. The van der Waals surface area contributed by atoms with Gasteiger partial charge in [0.2, 0.25) is 5.82 Å². The maximum absolute atomic E-state index is 13.7. The zero-order chi connectivity index (χ0) is 25.3. The molecule has 1 N–H and O–H groups in total. The molecule has 1 aliphatic heterocycles. The summed E-state index contributed by atoms with van der Waals surface area (Å²) in [6.45, 7) is -0.609. The molecule has 1 heterocycles. The van der Waals surface area contributed by atoms with Gasteiger partial charge in [0, 0.05) is 11.8 Å². The van der Waals surface area contributed by atoms with E-state index in [9.17, 15) is 35.2 Å². The van der Waals surface area contributed by atoms with Crippen molar-refractivity contribution < 1.29 is 49.4 Å². The normalized spacial score (nSPS) is 12.8. The van der Waals surface area contributed by atoms with E-state index in [4.69, 9.17) is 9.47 Å². The van der Waals surface area contributed by atoms with Crippen molar-refractivity contribution in [1.82, 2.24) is 0 Å². The molecule has 0 saturated heterocycles. The van der Waals surface area contributed by atoms with E-state index in [0.29, 0.717) is 12.4 Å². The Kier molecular flexibility index (Phi) is 6.52. The monoisotopic (exact) mass is 515 g/mol. The predicted octanol–water partition coefficient (Wildman–Crippen LogP) is 4.31. The van der Waals surface area contributed by atoms with Gasteiger partial charge in [0.25, 0.3) is 10.0 Å². The van der Waals surface area contributed by atoms with E-state index in [1.165, 1.54) is 30.3 Å². The predicted molar refractivity (Wildman–Crippen MR) is 110 cm³/mol. The van der Waals surface area contributed by atoms with Crippen LogP contribution in [0.3, 0.4) is 0 Å². The summed E-state index contributed by atoms with van der Waals surface area (Å²) in [5, 5.41) is 0. The summed E-state index contributed by atoms with van der Waals surface area (Å²) in [5.74, 6) is -11.3. The highest BCUT2D eigenvalue weighted by molar-refractivity contribution is 7.92. The summed E-state index contributed by atoms with van der Waals surface area (Å²) in [4.78, 5) is 12.0. The molecule has 3 aromatic carbocycles. The van der Waals surface area contributed by atoms with E-state index >= 15 is 0 Å². The van der Waals surface area contributed by atoms with E-state index < -0.39 is 57.2 Å². The van der Waals surface area contributed by atoms with Gasteiger partial charge in [-0.25, -0.2) is 35.2 Å². The van der Waals surface area contributed by atoms with Gasteiger partial charge in [-0.3, -0.25) is 4.72 Å². The van der Waals surface area contributed by atoms with Crippen molar-refractivity contribution in [2.75, 3.05) is 17.9 Å². The highest BCUT2D eigenvalue weighted by Gasteiger charge is 2.26. The van der Waals surface area contributed by atoms with Gasteiger partial charge in [-0.2, -0.15) is 0 Å². The van der Waals surface area contributed by atoms with Gasteiger partial charge in [0.1, 0.15) is 19.8 Å². The Hall–Kier alpha value is -3.87. The molecule has 0 fully saturated rings. The van der Waals surface area contributed by atoms with Crippen molar-refractivity contribution in [2.24, 2.45) is 0 Å². The number of sulfonamides is 1. The second-order valence-corrected chi connectivity index (χ2v) is 8.80. The molecule has 4 rings (SSSR count). The van der Waals surface area contributed by atoms with Crippen LogP contribution in [0.5, 0.6) is 11.5 Å². The van der Waals surface area contributed by atoms with Crippen LogP contribution in [0, 0.1) is 29.1 Å². The Labute approximate surface area is 195 Å². The van der Waals surface area contributed by atoms with Gasteiger partial charge in [-0.05, 0) is 36.4 Å². The number of nitrogens with one attached hydrogen (secondary N) is 1. The van der Waals surface area contributed by atoms with Gasteiger partial charge < -0.3 is 14.2 Å². The SMILES string of the molecule is O=C(OCc1c(F)c(F)c(F)c(F)c1F)c1ccc(NS(=O)(=O)c2ccc3c(c2)OCCO3)cc1. The molecule has 184 valence electrons. The average Bonchev–Trinajstić information content (AvgIpc) is 2.86. The van der Waals surface area contributed by atoms with Gasteiger partial charge in [0.15, 0.2) is 34.8 Å². The van der Waals surface area contributed by atoms with Crippen LogP contribution in [-0.2, 0) is 21.4 Å². The van der Waals surface area contributed by atoms with E-state index in [2.05, 4.69) is 9.46 Å². The van der Waals surface area contributed by atoms with Crippen molar-refractivity contribution in [3.63, 3.8) is 0 Å². The third kappa shape index (κ3) is 4.85. The first-order chi connectivity index (χ1) is 16.6. The Morgan fingerprint density at radius 2 is 1.40 bits per heavy atom. The lowest BCUT2D eigenvalue weighted by molar-refractivity contribution is 0.0462. The van der Waals surface area contributed by atoms with E-state index in [-0.39, 0.29) is 28.5 Å². The van der Waals surface area contributed by atoms with Gasteiger partial charge in [0.05, 0.1) is 16.0 Å². The quantitative estimate of drug-likeness (QED) is 0.228. The topological polar surface area (TPSA) is 90.9 Å². The minimum Gasteiger partial charge on any atom is -0.486 e. The molecule has 3 aromatic rings. The number of benzene rings is 3. The van der Waals surface area contributed by atoms with Crippen molar-refractivity contribution in [3.8, 4) is 11.5 Å². The number of esters is 1. The summed E-state index contributed by atoms with van der Waals surface area (Å²) < 4.78 is 110. The van der Waals surface area contributed by atoms with E-state index in [1.54, 1.807) is 0 Å². The summed E-state index contributed by atoms with van der Waals surface area (Å²) in [6.07, 6.45) is 0. The molecule has 0 amide bonds. The summed E-state index contributed by atoms with van der Waals surface area (Å²) in [5.41, 5.74) is -1.41. The Bertz CT molecular complexity index is 1380. The van der Waals surface area contributed by atoms with Crippen molar-refractivity contribution in [3.05, 3.63) is 82.7 Å². The second kappa shape index (κ2) is 9.41. The number of ether oxygens (including phenoxy) is 3. The molecular weight excluding hydrogens is 501 g/mol. The molecular formula is C22H14F5NO6S. The van der Waals surface area contributed by atoms with Crippen LogP contribution in [0.25, 0.3) is 0 Å². The number of rotatable bonds is 6. The van der Waals surface area contributed by atoms with Crippen LogP contribution in [0.1, 0.15) is 15.9 Å². The molecule has 0 saturated carbocycles. The molecule has 13 heteroatoms. The van der Waals surface area contributed by atoms with Crippen molar-refractivity contribution in [2.45, 2.75) is 11.5 Å². The molecule has 0 aliphatic carbocycles. The second-order valence-electron chi connectivity index (χ2n) is 7.11. The van der Waals surface area contributed by atoms with Crippen LogP contribution in [0.4, 0.5) is 27.6 Å². The minimum absolute atomic E-state index is 0.0659. The molecule has 0 bridgehead atoms. The summed E-state index contributed by atoms with van der Waals surface area (Å²) in [6, 6.07) is 8.77. The van der Waals surface area contributed by atoms with Gasteiger partial charge in [-0.1, -0.05) is 0 Å². The fraction of sp³-hybridized carbons (Fsp3) is 0.136. The number of carbonyl (C=O) groups is 1. The van der Waals surface area contributed by atoms with Crippen LogP contribution in [0.15, 0.2) is 47.4 Å². The number of carbonyl (C=O) groups excluding carboxylic acids is 1. The van der Waals surface area contributed by atoms with Crippen LogP contribution in [0.2, 0.25) is 0 Å². The lowest BCUT2D eigenvalue weighted by Gasteiger charge is -2.19. The molecule has 1 aliphatic rings. The van der Waals surface area contributed by atoms with Crippen LogP contribution < -0.4 is 14.2 Å². The molecule has 0 radical (unpaired) electrons. The fourth-order valence-corrected chi connectivity index (χ4v) is 4.15. The summed E-state index contributed by atoms with van der Waals surface area (Å²) >= 11 is 0. The molecule has 0 atom stereocenters. The lowest BCUT2D eigenvalue weighted by Crippen LogP contribution is -2.17. The van der Waals surface area contributed by atoms with Crippen LogP contribution >= 0.6 is 0 Å². The van der Waals surface area contributed by atoms with Gasteiger partial charge >= 0.3 is 5.97 Å². The minimum atomic E-state index is -4.03. The van der Waals surface area contributed by atoms with Crippen molar-refractivity contribution in [1.29, 1.82) is 0 Å². The molecule has 0 unspecified atom stereocenters. The number of hydrogen-bond acceptors (Lipinski definition) is 6. The Morgan fingerprint density at radius 3 is 2.03 bits per heavy atom. The zero-order valence-electron chi connectivity index (χ0n) is 17.4. The first-order valence-electron chi connectivity index (χ1n) is 9.78. The van der Waals surface area contributed by atoms with Gasteiger partial charge in [-0.15, -0.1) is 0 Å². The molecule has 35 heavy (non-hydrogen) atoms. The van der Waals surface area contributed by atoms with Crippen LogP contribution in [-0.4, -0.2) is 27.6 Å². The number of anilines is 1. The number of fused-ring (bicyclic) bond motifs is 1. The highest BCUT2D eigenvalue weighted by atomic mass is 32.2.